The van der Waals surface area contributed by atoms with Gasteiger partial charge in [-0.25, -0.2) is 9.98 Å². The van der Waals surface area contributed by atoms with Gasteiger partial charge in [0.15, 0.2) is 34.6 Å². The van der Waals surface area contributed by atoms with Crippen molar-refractivity contribution in [1.29, 1.82) is 0 Å². The minimum atomic E-state index is -0.639. The molecule has 0 N–H and O–H groups in total. The summed E-state index contributed by atoms with van der Waals surface area (Å²) in [6.45, 7) is 8.18. The van der Waals surface area contributed by atoms with E-state index >= 15 is 0 Å². The van der Waals surface area contributed by atoms with Crippen LogP contribution in [0.2, 0.25) is 0 Å². The van der Waals surface area contributed by atoms with Gasteiger partial charge in [-0.1, -0.05) is 37.8 Å². The highest BCUT2D eigenvalue weighted by Gasteiger charge is 2.50. The Kier molecular flexibility index (Phi) is 7.05. The van der Waals surface area contributed by atoms with Crippen molar-refractivity contribution in [3.63, 3.8) is 0 Å². The largest absolute Gasteiger partial charge is 0.483 e. The van der Waals surface area contributed by atoms with Gasteiger partial charge in [0, 0.05) is 67.5 Å². The van der Waals surface area contributed by atoms with Gasteiger partial charge in [0.05, 0.1) is 0 Å². The lowest BCUT2D eigenvalue weighted by atomic mass is 9.76. The van der Waals surface area contributed by atoms with Gasteiger partial charge in [-0.05, 0) is 77.7 Å². The summed E-state index contributed by atoms with van der Waals surface area (Å²) in [5.41, 5.74) is 2.96. The highest BCUT2D eigenvalue weighted by molar-refractivity contribution is 7.17. The van der Waals surface area contributed by atoms with Crippen LogP contribution in [-0.4, -0.2) is 34.6 Å². The van der Waals surface area contributed by atoms with Crippen LogP contribution in [0.3, 0.4) is 0 Å². The minimum absolute atomic E-state index is 0.0160. The molecule has 0 amide bonds. The summed E-state index contributed by atoms with van der Waals surface area (Å²) in [6.07, 6.45) is 15.9. The average molecular weight is 733 g/mol. The summed E-state index contributed by atoms with van der Waals surface area (Å²) in [5, 5.41) is 1.32. The molecular formula is C42H40N2O6S2. The number of aliphatic imine (C=N–C) groups is 2. The van der Waals surface area contributed by atoms with E-state index in [0.29, 0.717) is 10.0 Å². The number of ether oxygens (including phenoxy) is 2. The maximum atomic E-state index is 13.3. The van der Waals surface area contributed by atoms with E-state index in [1.54, 1.807) is 0 Å². The maximum Gasteiger partial charge on any atom is 0.188 e. The van der Waals surface area contributed by atoms with Crippen molar-refractivity contribution in [1.82, 2.24) is 0 Å². The van der Waals surface area contributed by atoms with Crippen LogP contribution in [-0.2, 0) is 39.9 Å². The van der Waals surface area contributed by atoms with Crippen LogP contribution in [0.4, 0.5) is 10.0 Å². The molecule has 4 saturated carbocycles. The number of Topliss-reactive ketones (excluding diaryl/α,β-unsaturated/α-hetero) is 4. The van der Waals surface area contributed by atoms with Crippen molar-refractivity contribution >= 4 is 78.4 Å². The van der Waals surface area contributed by atoms with Crippen LogP contribution in [0.15, 0.2) is 57.9 Å². The third-order valence-corrected chi connectivity index (χ3v) is 14.7. The van der Waals surface area contributed by atoms with Gasteiger partial charge in [-0.3, -0.25) is 19.2 Å². The van der Waals surface area contributed by atoms with Crippen molar-refractivity contribution in [3.8, 4) is 0 Å². The predicted molar refractivity (Wildman–Crippen MR) is 201 cm³/mol. The zero-order valence-electron chi connectivity index (χ0n) is 29.7. The lowest BCUT2D eigenvalue weighted by Crippen LogP contribution is -2.31. The molecule has 6 aliphatic carbocycles. The van der Waals surface area contributed by atoms with Crippen LogP contribution < -0.4 is 0 Å². The topological polar surface area (TPSA) is 111 Å². The highest BCUT2D eigenvalue weighted by atomic mass is 32.1. The monoisotopic (exact) mass is 732 g/mol. The SMILES string of the molecule is CC1(C)OC2=CC3C=C4C(=CC3C=C2c2sc(N=C3C(=O)C5CCCCC5C3=O)cc21)OC(C)(C)c1cc(N=C2C(=O)C3CCCCC3C2=O)sc14. The summed E-state index contributed by atoms with van der Waals surface area (Å²) in [4.78, 5) is 64.6. The fraction of sp³-hybridized carbons (Fsp3) is 0.476. The van der Waals surface area contributed by atoms with E-state index in [9.17, 15) is 19.2 Å². The highest BCUT2D eigenvalue weighted by Crippen LogP contribution is 2.56. The lowest BCUT2D eigenvalue weighted by molar-refractivity contribution is -0.120. The number of carbonyl (C=O) groups is 4. The quantitative estimate of drug-likeness (QED) is 0.305. The second kappa shape index (κ2) is 11.2. The molecule has 2 aromatic rings. The fourth-order valence-electron chi connectivity index (χ4n) is 9.90. The molecular weight excluding hydrogens is 693 g/mol. The molecule has 4 heterocycles. The Balaban J connectivity index is 0.989. The second-order valence-electron chi connectivity index (χ2n) is 16.6. The van der Waals surface area contributed by atoms with E-state index in [0.717, 1.165) is 94.9 Å². The number of rotatable bonds is 2. The van der Waals surface area contributed by atoms with Crippen molar-refractivity contribution in [2.45, 2.75) is 90.3 Å². The van der Waals surface area contributed by atoms with Gasteiger partial charge in [0.25, 0.3) is 0 Å². The van der Waals surface area contributed by atoms with Gasteiger partial charge >= 0.3 is 0 Å². The van der Waals surface area contributed by atoms with E-state index in [1.165, 1.54) is 22.7 Å². The molecule has 10 rings (SSSR count). The van der Waals surface area contributed by atoms with Gasteiger partial charge in [0.1, 0.15) is 32.7 Å². The van der Waals surface area contributed by atoms with Crippen molar-refractivity contribution in [2.24, 2.45) is 45.5 Å². The van der Waals surface area contributed by atoms with Gasteiger partial charge in [0.2, 0.25) is 0 Å². The molecule has 2 aromatic heterocycles. The molecule has 266 valence electrons. The first-order chi connectivity index (χ1) is 24.9. The molecule has 0 radical (unpaired) electrons. The number of nitrogens with zero attached hydrogens (tertiary/aromatic N) is 2. The third kappa shape index (κ3) is 4.75. The molecule has 0 saturated heterocycles. The van der Waals surface area contributed by atoms with E-state index in [1.807, 2.05) is 39.8 Å². The number of hydrogen-bond acceptors (Lipinski definition) is 10. The van der Waals surface area contributed by atoms with Gasteiger partial charge in [-0.2, -0.15) is 0 Å². The minimum Gasteiger partial charge on any atom is -0.483 e. The molecule has 52 heavy (non-hydrogen) atoms. The van der Waals surface area contributed by atoms with E-state index in [2.05, 4.69) is 24.3 Å². The van der Waals surface area contributed by atoms with Crippen LogP contribution in [0.5, 0.6) is 0 Å². The molecule has 6 unspecified atom stereocenters. The smallest absolute Gasteiger partial charge is 0.188 e. The van der Waals surface area contributed by atoms with Crippen LogP contribution in [0, 0.1) is 35.5 Å². The van der Waals surface area contributed by atoms with Crippen molar-refractivity contribution in [3.05, 3.63) is 68.8 Å². The zero-order chi connectivity index (χ0) is 35.8. The molecule has 0 spiro atoms. The number of thiophene rings is 2. The predicted octanol–water partition coefficient (Wildman–Crippen LogP) is 8.90. The number of allylic oxidation sites excluding steroid dienone is 6. The summed E-state index contributed by atoms with van der Waals surface area (Å²) < 4.78 is 13.4. The van der Waals surface area contributed by atoms with Crippen molar-refractivity contribution < 1.29 is 28.7 Å². The average Bonchev–Trinajstić information content (AvgIpc) is 3.86. The Hall–Kier alpha value is -4.02. The molecule has 10 heteroatoms. The molecule has 4 fully saturated rings. The van der Waals surface area contributed by atoms with E-state index in [-0.39, 0.29) is 70.1 Å². The van der Waals surface area contributed by atoms with Crippen LogP contribution in [0.25, 0.3) is 11.1 Å². The zero-order valence-corrected chi connectivity index (χ0v) is 31.4. The summed E-state index contributed by atoms with van der Waals surface area (Å²) in [5.74, 6) is 0.469. The number of ketones is 4. The third-order valence-electron chi connectivity index (χ3n) is 12.6. The Bertz CT molecular complexity index is 2030. The van der Waals surface area contributed by atoms with Crippen molar-refractivity contribution in [2.75, 3.05) is 0 Å². The number of carbonyl (C=O) groups excluding carboxylic acids is 4. The fourth-order valence-corrected chi connectivity index (χ4v) is 12.3. The molecule has 8 aliphatic rings. The molecule has 8 nitrogen and oxygen atoms in total. The van der Waals surface area contributed by atoms with Crippen LogP contribution in [0.1, 0.15) is 99.9 Å². The molecule has 0 aromatic carbocycles. The van der Waals surface area contributed by atoms with E-state index in [4.69, 9.17) is 19.5 Å². The van der Waals surface area contributed by atoms with E-state index < -0.39 is 11.2 Å². The number of fused-ring (bicyclic) bond motifs is 9. The van der Waals surface area contributed by atoms with Gasteiger partial charge < -0.3 is 9.47 Å². The standard InChI is InChI=1S/C42H40N2O6S2/c1-41(2)27-17-31(43-33-35(45)21-9-5-6-10-22(21)36(33)46)51-39(27)25-13-20-16-30-26(14-19(20)15-29(25)49-41)40-28(42(3,4)50-30)18-32(52-40)44-34-37(47)23-11-7-8-12-24(23)38(34)48/h13-24H,5-12H2,1-4H3. The molecule has 0 bridgehead atoms. The Morgan fingerprint density at radius 2 is 0.904 bits per heavy atom. The van der Waals surface area contributed by atoms with Crippen LogP contribution >= 0.6 is 22.7 Å². The Labute approximate surface area is 310 Å². The summed E-state index contributed by atoms with van der Waals surface area (Å²) >= 11 is 3.03. The molecule has 6 atom stereocenters. The first kappa shape index (κ1) is 32.6. The van der Waals surface area contributed by atoms with Gasteiger partial charge in [-0.15, -0.1) is 22.7 Å². The second-order valence-corrected chi connectivity index (χ2v) is 18.7. The summed E-state index contributed by atoms with van der Waals surface area (Å²) in [6, 6.07) is 3.98. The molecule has 2 aliphatic heterocycles. The normalized spacial score (nSPS) is 32.0. The maximum absolute atomic E-state index is 13.3. The lowest BCUT2D eigenvalue weighted by Gasteiger charge is -2.40. The number of hydrogen-bond donors (Lipinski definition) is 0. The first-order valence-corrected chi connectivity index (χ1v) is 20.4. The Morgan fingerprint density at radius 1 is 0.558 bits per heavy atom. The summed E-state index contributed by atoms with van der Waals surface area (Å²) in [7, 11) is 0. The Morgan fingerprint density at radius 3 is 1.25 bits per heavy atom. The first-order valence-electron chi connectivity index (χ1n) is 18.8.